The highest BCUT2D eigenvalue weighted by Crippen LogP contribution is 2.30. The van der Waals surface area contributed by atoms with Gasteiger partial charge in [-0.25, -0.2) is 9.37 Å². The number of rotatable bonds is 5. The number of alkyl halides is 3. The van der Waals surface area contributed by atoms with Crippen molar-refractivity contribution in [2.75, 3.05) is 5.32 Å². The van der Waals surface area contributed by atoms with E-state index >= 15 is 0 Å². The van der Waals surface area contributed by atoms with Gasteiger partial charge in [0.15, 0.2) is 5.13 Å². The van der Waals surface area contributed by atoms with E-state index in [9.17, 15) is 27.6 Å². The van der Waals surface area contributed by atoms with E-state index in [1.54, 1.807) is 12.1 Å². The first-order chi connectivity index (χ1) is 14.2. The highest BCUT2D eigenvalue weighted by molar-refractivity contribution is 7.15. The van der Waals surface area contributed by atoms with Crippen LogP contribution in [0.1, 0.15) is 21.6 Å². The van der Waals surface area contributed by atoms with Crippen molar-refractivity contribution in [2.24, 2.45) is 0 Å². The zero-order chi connectivity index (χ0) is 21.7. The maximum atomic E-state index is 13.0. The fourth-order valence-corrected chi connectivity index (χ4v) is 3.39. The van der Waals surface area contributed by atoms with Gasteiger partial charge >= 0.3 is 6.18 Å². The molecule has 3 rings (SSSR count). The van der Waals surface area contributed by atoms with Crippen molar-refractivity contribution in [1.82, 2.24) is 4.98 Å². The fourth-order valence-electron chi connectivity index (χ4n) is 2.54. The predicted molar refractivity (Wildman–Crippen MR) is 105 cm³/mol. The molecule has 2 aromatic carbocycles. The van der Waals surface area contributed by atoms with Crippen molar-refractivity contribution in [1.29, 1.82) is 5.26 Å². The van der Waals surface area contributed by atoms with Gasteiger partial charge in [-0.05, 0) is 35.4 Å². The van der Waals surface area contributed by atoms with Crippen LogP contribution in [-0.2, 0) is 17.4 Å². The summed E-state index contributed by atoms with van der Waals surface area (Å²) in [6, 6.07) is 12.0. The van der Waals surface area contributed by atoms with E-state index in [0.29, 0.717) is 16.0 Å². The second-order valence-corrected chi connectivity index (χ2v) is 7.30. The van der Waals surface area contributed by atoms with Gasteiger partial charge in [0.25, 0.3) is 5.91 Å². The topological polar surface area (TPSA) is 65.8 Å². The largest absolute Gasteiger partial charge is 0.416 e. The molecule has 0 saturated heterocycles. The maximum Gasteiger partial charge on any atom is 0.416 e. The third-order valence-electron chi connectivity index (χ3n) is 3.95. The van der Waals surface area contributed by atoms with Crippen molar-refractivity contribution in [2.45, 2.75) is 12.6 Å². The number of nitriles is 1. The first-order valence-electron chi connectivity index (χ1n) is 8.54. The quantitative estimate of drug-likeness (QED) is 0.333. The molecule has 1 amide bonds. The number of hydrogen-bond acceptors (Lipinski definition) is 4. The molecule has 0 spiro atoms. The Kier molecular flexibility index (Phi) is 6.28. The Balaban J connectivity index is 1.70. The Labute approximate surface area is 173 Å². The third-order valence-corrected chi connectivity index (χ3v) is 4.87. The van der Waals surface area contributed by atoms with Crippen molar-refractivity contribution >= 4 is 28.5 Å². The first kappa shape index (κ1) is 21.2. The van der Waals surface area contributed by atoms with Gasteiger partial charge in [-0.15, -0.1) is 11.3 Å². The SMILES string of the molecule is N#C/C(=C\c1ccc(F)cc1)C(=O)Nc1ncc(Cc2cccc(C(F)(F)F)c2)s1. The lowest BCUT2D eigenvalue weighted by atomic mass is 10.1. The van der Waals surface area contributed by atoms with Crippen LogP contribution in [-0.4, -0.2) is 10.9 Å². The molecule has 4 nitrogen and oxygen atoms in total. The summed E-state index contributed by atoms with van der Waals surface area (Å²) in [7, 11) is 0. The number of carbonyl (C=O) groups is 1. The maximum absolute atomic E-state index is 13.0. The monoisotopic (exact) mass is 431 g/mol. The van der Waals surface area contributed by atoms with Gasteiger partial charge in [-0.2, -0.15) is 18.4 Å². The molecule has 0 aliphatic heterocycles. The molecule has 0 atom stereocenters. The zero-order valence-corrected chi connectivity index (χ0v) is 16.0. The molecule has 0 bridgehead atoms. The average molecular weight is 431 g/mol. The molecular formula is C21H13F4N3OS. The summed E-state index contributed by atoms with van der Waals surface area (Å²) in [5.41, 5.74) is 0.00613. The number of thiazole rings is 1. The second kappa shape index (κ2) is 8.88. The number of aromatic nitrogens is 1. The lowest BCUT2D eigenvalue weighted by molar-refractivity contribution is -0.137. The van der Waals surface area contributed by atoms with E-state index in [-0.39, 0.29) is 17.1 Å². The van der Waals surface area contributed by atoms with Crippen LogP contribution in [0.15, 0.2) is 60.3 Å². The number of amides is 1. The van der Waals surface area contributed by atoms with Crippen LogP contribution < -0.4 is 5.32 Å². The lowest BCUT2D eigenvalue weighted by Crippen LogP contribution is -2.13. The summed E-state index contributed by atoms with van der Waals surface area (Å²) >= 11 is 1.10. The van der Waals surface area contributed by atoms with Gasteiger partial charge in [0.1, 0.15) is 17.5 Å². The minimum Gasteiger partial charge on any atom is -0.297 e. The number of nitrogens with zero attached hydrogens (tertiary/aromatic N) is 2. The van der Waals surface area contributed by atoms with Gasteiger partial charge in [0.05, 0.1) is 5.56 Å². The van der Waals surface area contributed by atoms with Gasteiger partial charge in [-0.1, -0.05) is 30.3 Å². The Hall–Kier alpha value is -3.51. The molecule has 1 N–H and O–H groups in total. The molecule has 30 heavy (non-hydrogen) atoms. The molecule has 152 valence electrons. The molecule has 1 heterocycles. The minimum absolute atomic E-state index is 0.198. The molecule has 0 saturated carbocycles. The van der Waals surface area contributed by atoms with E-state index in [2.05, 4.69) is 10.3 Å². The summed E-state index contributed by atoms with van der Waals surface area (Å²) in [6.07, 6.45) is -1.44. The third kappa shape index (κ3) is 5.52. The van der Waals surface area contributed by atoms with E-state index in [4.69, 9.17) is 0 Å². The Bertz CT molecular complexity index is 1130. The fraction of sp³-hybridized carbons (Fsp3) is 0.0952. The molecule has 1 aromatic heterocycles. The predicted octanol–water partition coefficient (Wildman–Crippen LogP) is 5.44. The van der Waals surface area contributed by atoms with Gasteiger partial charge in [0, 0.05) is 17.5 Å². The molecule has 9 heteroatoms. The zero-order valence-electron chi connectivity index (χ0n) is 15.2. The van der Waals surface area contributed by atoms with E-state index < -0.39 is 23.5 Å². The summed E-state index contributed by atoms with van der Waals surface area (Å²) in [5, 5.41) is 11.9. The number of benzene rings is 2. The number of nitrogens with one attached hydrogen (secondary N) is 1. The van der Waals surface area contributed by atoms with Crippen LogP contribution in [0.4, 0.5) is 22.7 Å². The summed E-state index contributed by atoms with van der Waals surface area (Å²) in [5.74, 6) is -1.13. The van der Waals surface area contributed by atoms with E-state index in [1.165, 1.54) is 42.6 Å². The molecule has 0 unspecified atom stereocenters. The van der Waals surface area contributed by atoms with Crippen LogP contribution in [0.2, 0.25) is 0 Å². The van der Waals surface area contributed by atoms with Gasteiger partial charge in [0.2, 0.25) is 0 Å². The number of anilines is 1. The Morgan fingerprint density at radius 1 is 1.20 bits per heavy atom. The molecule has 0 aliphatic carbocycles. The van der Waals surface area contributed by atoms with Crippen molar-refractivity contribution in [3.8, 4) is 6.07 Å². The standard InChI is InChI=1S/C21H13F4N3OS/c22-17-6-4-13(5-7-17)8-15(11-26)19(29)28-20-27-12-18(30-20)10-14-2-1-3-16(9-14)21(23,24)25/h1-9,12H,10H2,(H,27,28,29)/b15-8+. The van der Waals surface area contributed by atoms with E-state index in [1.807, 2.05) is 0 Å². The van der Waals surface area contributed by atoms with Gasteiger partial charge in [-0.3, -0.25) is 10.1 Å². The molecule has 0 radical (unpaired) electrons. The normalized spacial score (nSPS) is 11.8. The lowest BCUT2D eigenvalue weighted by Gasteiger charge is -2.07. The molecule has 0 aliphatic rings. The Morgan fingerprint density at radius 2 is 1.93 bits per heavy atom. The van der Waals surface area contributed by atoms with Crippen molar-refractivity contribution < 1.29 is 22.4 Å². The molecule has 0 fully saturated rings. The molecule has 3 aromatic rings. The summed E-state index contributed by atoms with van der Waals surface area (Å²) in [4.78, 5) is 17.0. The van der Waals surface area contributed by atoms with E-state index in [0.717, 1.165) is 23.5 Å². The van der Waals surface area contributed by atoms with Crippen molar-refractivity contribution in [3.63, 3.8) is 0 Å². The van der Waals surface area contributed by atoms with Gasteiger partial charge < -0.3 is 0 Å². The van der Waals surface area contributed by atoms with Crippen LogP contribution >= 0.6 is 11.3 Å². The summed E-state index contributed by atoms with van der Waals surface area (Å²) < 4.78 is 51.5. The highest BCUT2D eigenvalue weighted by Gasteiger charge is 2.30. The van der Waals surface area contributed by atoms with Crippen LogP contribution in [0.3, 0.4) is 0 Å². The average Bonchev–Trinajstić information content (AvgIpc) is 3.13. The Morgan fingerprint density at radius 3 is 2.60 bits per heavy atom. The van der Waals surface area contributed by atoms with Crippen LogP contribution in [0, 0.1) is 17.1 Å². The number of hydrogen-bond donors (Lipinski definition) is 1. The molecular weight excluding hydrogens is 418 g/mol. The second-order valence-electron chi connectivity index (χ2n) is 6.18. The number of carbonyl (C=O) groups excluding carboxylic acids is 1. The highest BCUT2D eigenvalue weighted by atomic mass is 32.1. The number of halogens is 4. The van der Waals surface area contributed by atoms with Crippen molar-refractivity contribution in [3.05, 3.63) is 87.7 Å². The smallest absolute Gasteiger partial charge is 0.297 e. The van der Waals surface area contributed by atoms with Crippen LogP contribution in [0.5, 0.6) is 0 Å². The minimum atomic E-state index is -4.42. The summed E-state index contributed by atoms with van der Waals surface area (Å²) in [6.45, 7) is 0. The first-order valence-corrected chi connectivity index (χ1v) is 9.36. The van der Waals surface area contributed by atoms with Crippen LogP contribution in [0.25, 0.3) is 6.08 Å².